The zero-order valence-electron chi connectivity index (χ0n) is 13.5. The van der Waals surface area contributed by atoms with Gasteiger partial charge in [0.25, 0.3) is 0 Å². The lowest BCUT2D eigenvalue weighted by Gasteiger charge is -2.15. The summed E-state index contributed by atoms with van der Waals surface area (Å²) in [7, 11) is 0. The van der Waals surface area contributed by atoms with Crippen LogP contribution in [-0.4, -0.2) is 24.4 Å². The first-order chi connectivity index (χ1) is 10.1. The molecule has 0 bridgehead atoms. The van der Waals surface area contributed by atoms with Gasteiger partial charge in [0.1, 0.15) is 11.5 Å². The molecule has 21 heavy (non-hydrogen) atoms. The van der Waals surface area contributed by atoms with Crippen LogP contribution in [0.15, 0.2) is 12.1 Å². The quantitative estimate of drug-likeness (QED) is 0.651. The van der Waals surface area contributed by atoms with E-state index >= 15 is 0 Å². The summed E-state index contributed by atoms with van der Waals surface area (Å²) in [4.78, 5) is 0. The molecule has 120 valence electrons. The van der Waals surface area contributed by atoms with E-state index in [2.05, 4.69) is 6.92 Å². The number of aliphatic hydroxyl groups excluding tert-OH is 1. The van der Waals surface area contributed by atoms with E-state index < -0.39 is 0 Å². The van der Waals surface area contributed by atoms with E-state index in [4.69, 9.17) is 15.2 Å². The van der Waals surface area contributed by atoms with Crippen LogP contribution in [0.5, 0.6) is 11.5 Å². The molecule has 1 unspecified atom stereocenters. The molecule has 0 fully saturated rings. The molecule has 0 radical (unpaired) electrons. The molecule has 4 heteroatoms. The number of benzene rings is 1. The number of ether oxygens (including phenoxy) is 2. The Morgan fingerprint density at radius 3 is 2.48 bits per heavy atom. The molecule has 1 atom stereocenters. The Kier molecular flexibility index (Phi) is 8.16. The number of aryl methyl sites for hydroxylation is 1. The van der Waals surface area contributed by atoms with Crippen LogP contribution >= 0.6 is 0 Å². The van der Waals surface area contributed by atoms with Gasteiger partial charge in [0, 0.05) is 18.2 Å². The van der Waals surface area contributed by atoms with Crippen molar-refractivity contribution in [1.82, 2.24) is 0 Å². The fourth-order valence-electron chi connectivity index (χ4n) is 2.10. The molecule has 0 saturated carbocycles. The first kappa shape index (κ1) is 17.8. The highest BCUT2D eigenvalue weighted by Gasteiger charge is 2.09. The summed E-state index contributed by atoms with van der Waals surface area (Å²) in [6.45, 7) is 7.82. The second-order valence-corrected chi connectivity index (χ2v) is 5.33. The summed E-state index contributed by atoms with van der Waals surface area (Å²) in [6.07, 6.45) is 3.15. The third-order valence-corrected chi connectivity index (χ3v) is 3.45. The van der Waals surface area contributed by atoms with E-state index in [0.717, 1.165) is 48.3 Å². The molecule has 0 aromatic heterocycles. The van der Waals surface area contributed by atoms with Crippen molar-refractivity contribution in [3.63, 3.8) is 0 Å². The number of rotatable bonds is 10. The van der Waals surface area contributed by atoms with Gasteiger partial charge in [0.05, 0.1) is 19.3 Å². The minimum absolute atomic E-state index is 0.224. The molecular weight excluding hydrogens is 266 g/mol. The van der Waals surface area contributed by atoms with E-state index in [1.54, 1.807) is 0 Å². The summed E-state index contributed by atoms with van der Waals surface area (Å²) in [5.41, 5.74) is 7.84. The molecule has 0 heterocycles. The van der Waals surface area contributed by atoms with Crippen LogP contribution in [0.3, 0.4) is 0 Å². The normalized spacial score (nSPS) is 12.2. The van der Waals surface area contributed by atoms with Crippen molar-refractivity contribution in [3.8, 4) is 11.5 Å². The van der Waals surface area contributed by atoms with Crippen LogP contribution in [0.4, 0.5) is 0 Å². The van der Waals surface area contributed by atoms with Gasteiger partial charge in [-0.25, -0.2) is 0 Å². The Morgan fingerprint density at radius 1 is 1.14 bits per heavy atom. The van der Waals surface area contributed by atoms with Crippen LogP contribution in [0.2, 0.25) is 0 Å². The molecule has 1 aromatic carbocycles. The van der Waals surface area contributed by atoms with Gasteiger partial charge < -0.3 is 20.3 Å². The van der Waals surface area contributed by atoms with E-state index in [1.807, 2.05) is 26.0 Å². The maximum atomic E-state index is 9.53. The van der Waals surface area contributed by atoms with Crippen molar-refractivity contribution in [1.29, 1.82) is 0 Å². The minimum atomic E-state index is -0.224. The summed E-state index contributed by atoms with van der Waals surface area (Å²) >= 11 is 0. The molecule has 1 aromatic rings. The van der Waals surface area contributed by atoms with Crippen molar-refractivity contribution in [3.05, 3.63) is 23.3 Å². The maximum absolute atomic E-state index is 9.53. The van der Waals surface area contributed by atoms with Gasteiger partial charge in [-0.15, -0.1) is 0 Å². The Morgan fingerprint density at radius 2 is 1.86 bits per heavy atom. The van der Waals surface area contributed by atoms with Crippen molar-refractivity contribution in [2.24, 2.45) is 5.73 Å². The van der Waals surface area contributed by atoms with E-state index in [1.165, 1.54) is 0 Å². The summed E-state index contributed by atoms with van der Waals surface area (Å²) < 4.78 is 11.6. The summed E-state index contributed by atoms with van der Waals surface area (Å²) in [6, 6.07) is 3.96. The topological polar surface area (TPSA) is 64.7 Å². The van der Waals surface area contributed by atoms with Gasteiger partial charge in [-0.2, -0.15) is 0 Å². The van der Waals surface area contributed by atoms with Crippen molar-refractivity contribution in [2.45, 2.75) is 59.1 Å². The molecule has 0 saturated heterocycles. The van der Waals surface area contributed by atoms with Crippen molar-refractivity contribution >= 4 is 0 Å². The molecule has 0 spiro atoms. The Hall–Kier alpha value is -1.26. The largest absolute Gasteiger partial charge is 0.493 e. The van der Waals surface area contributed by atoms with Gasteiger partial charge in [0.2, 0.25) is 0 Å². The fourth-order valence-corrected chi connectivity index (χ4v) is 2.10. The maximum Gasteiger partial charge on any atom is 0.127 e. The van der Waals surface area contributed by atoms with Gasteiger partial charge in [0.15, 0.2) is 0 Å². The lowest BCUT2D eigenvalue weighted by molar-refractivity contribution is 0.148. The SMILES string of the molecule is CCCOc1cc(OCCCC(O)CC)c(C)cc1CN. The average Bonchev–Trinajstić information content (AvgIpc) is 2.50. The molecule has 0 amide bonds. The Bertz CT molecular complexity index is 421. The lowest BCUT2D eigenvalue weighted by atomic mass is 10.1. The standard InChI is InChI=1S/C17H29NO3/c1-4-8-20-17-11-16(13(3)10-14(17)12-18)21-9-6-7-15(19)5-2/h10-11,15,19H,4-9,12,18H2,1-3H3. The summed E-state index contributed by atoms with van der Waals surface area (Å²) in [5.74, 6) is 1.65. The zero-order valence-corrected chi connectivity index (χ0v) is 13.5. The second kappa shape index (κ2) is 9.64. The molecule has 1 rings (SSSR count). The number of nitrogens with two attached hydrogens (primary N) is 1. The third-order valence-electron chi connectivity index (χ3n) is 3.45. The van der Waals surface area contributed by atoms with Crippen LogP contribution in [0, 0.1) is 6.92 Å². The lowest BCUT2D eigenvalue weighted by Crippen LogP contribution is -2.08. The van der Waals surface area contributed by atoms with Gasteiger partial charge in [-0.05, 0) is 44.2 Å². The first-order valence-electron chi connectivity index (χ1n) is 7.89. The van der Waals surface area contributed by atoms with E-state index in [9.17, 15) is 5.11 Å². The number of aliphatic hydroxyl groups is 1. The average molecular weight is 295 g/mol. The van der Waals surface area contributed by atoms with E-state index in [0.29, 0.717) is 19.8 Å². The predicted octanol–water partition coefficient (Wildman–Crippen LogP) is 3.17. The number of hydrogen-bond donors (Lipinski definition) is 2. The highest BCUT2D eigenvalue weighted by Crippen LogP contribution is 2.29. The van der Waals surface area contributed by atoms with Crippen LogP contribution in [0.1, 0.15) is 50.7 Å². The molecule has 3 N–H and O–H groups in total. The zero-order chi connectivity index (χ0) is 15.7. The smallest absolute Gasteiger partial charge is 0.127 e. The first-order valence-corrected chi connectivity index (χ1v) is 7.89. The molecule has 0 aliphatic carbocycles. The van der Waals surface area contributed by atoms with Crippen LogP contribution < -0.4 is 15.2 Å². The monoisotopic (exact) mass is 295 g/mol. The molecule has 4 nitrogen and oxygen atoms in total. The van der Waals surface area contributed by atoms with Crippen molar-refractivity contribution < 1.29 is 14.6 Å². The molecule has 0 aliphatic heterocycles. The van der Waals surface area contributed by atoms with E-state index in [-0.39, 0.29) is 6.10 Å². The summed E-state index contributed by atoms with van der Waals surface area (Å²) in [5, 5.41) is 9.53. The van der Waals surface area contributed by atoms with Gasteiger partial charge in [-0.3, -0.25) is 0 Å². The van der Waals surface area contributed by atoms with Gasteiger partial charge >= 0.3 is 0 Å². The molecule has 0 aliphatic rings. The highest BCUT2D eigenvalue weighted by atomic mass is 16.5. The Balaban J connectivity index is 2.64. The van der Waals surface area contributed by atoms with Crippen molar-refractivity contribution in [2.75, 3.05) is 13.2 Å². The Labute approximate surface area is 128 Å². The third kappa shape index (κ3) is 5.94. The van der Waals surface area contributed by atoms with Crippen LogP contribution in [-0.2, 0) is 6.54 Å². The minimum Gasteiger partial charge on any atom is -0.493 e. The van der Waals surface area contributed by atoms with Crippen LogP contribution in [0.25, 0.3) is 0 Å². The highest BCUT2D eigenvalue weighted by molar-refractivity contribution is 5.46. The van der Waals surface area contributed by atoms with Gasteiger partial charge in [-0.1, -0.05) is 13.8 Å². The fraction of sp³-hybridized carbons (Fsp3) is 0.647. The molecular formula is C17H29NO3. The second-order valence-electron chi connectivity index (χ2n) is 5.33. The predicted molar refractivity (Wildman–Crippen MR) is 85.9 cm³/mol. The number of hydrogen-bond acceptors (Lipinski definition) is 4.